The van der Waals surface area contributed by atoms with Crippen molar-refractivity contribution in [3.05, 3.63) is 34.3 Å². The molecule has 0 aliphatic heterocycles. The largest absolute Gasteiger partial charge is 0.345 e. The molecule has 0 aromatic heterocycles. The second-order valence-corrected chi connectivity index (χ2v) is 5.75. The van der Waals surface area contributed by atoms with Gasteiger partial charge in [-0.25, -0.2) is 0 Å². The van der Waals surface area contributed by atoms with E-state index < -0.39 is 5.41 Å². The van der Waals surface area contributed by atoms with Crippen molar-refractivity contribution >= 4 is 23.3 Å². The van der Waals surface area contributed by atoms with Gasteiger partial charge in [-0.1, -0.05) is 38.4 Å². The molecule has 0 bridgehead atoms. The molecule has 0 unspecified atom stereocenters. The summed E-state index contributed by atoms with van der Waals surface area (Å²) in [5.41, 5.74) is 0.927. The monoisotopic (exact) mass is 267 g/mol. The first kappa shape index (κ1) is 14.7. The number of aryl methyl sites for hydroxylation is 1. The third-order valence-corrected chi connectivity index (χ3v) is 2.93. The van der Waals surface area contributed by atoms with Crippen LogP contribution in [0.25, 0.3) is 0 Å². The van der Waals surface area contributed by atoms with Crippen LogP contribution in [0.5, 0.6) is 0 Å². The Hall–Kier alpha value is -1.35. The average molecular weight is 268 g/mol. The third kappa shape index (κ3) is 3.84. The van der Waals surface area contributed by atoms with Gasteiger partial charge < -0.3 is 5.32 Å². The predicted octanol–water partition coefficient (Wildman–Crippen LogP) is 2.99. The van der Waals surface area contributed by atoms with Gasteiger partial charge in [0.05, 0.1) is 17.1 Å². The van der Waals surface area contributed by atoms with E-state index in [-0.39, 0.29) is 18.2 Å². The molecule has 4 heteroatoms. The Labute approximate surface area is 113 Å². The smallest absolute Gasteiger partial charge is 0.253 e. The molecule has 0 spiro atoms. The molecule has 0 atom stereocenters. The first-order valence-electron chi connectivity index (χ1n) is 5.79. The van der Waals surface area contributed by atoms with Crippen LogP contribution in [-0.2, 0) is 4.79 Å². The molecule has 98 valence electrons. The van der Waals surface area contributed by atoms with Crippen LogP contribution in [0.4, 0.5) is 0 Å². The molecule has 1 N–H and O–H groups in total. The number of halogens is 1. The van der Waals surface area contributed by atoms with Crippen molar-refractivity contribution in [2.24, 2.45) is 5.41 Å². The van der Waals surface area contributed by atoms with Crippen molar-refractivity contribution in [2.75, 3.05) is 6.54 Å². The van der Waals surface area contributed by atoms with E-state index in [1.165, 1.54) is 0 Å². The number of rotatable bonds is 3. The van der Waals surface area contributed by atoms with Gasteiger partial charge in [-0.15, -0.1) is 0 Å². The number of amides is 1. The van der Waals surface area contributed by atoms with Crippen LogP contribution >= 0.6 is 11.6 Å². The van der Waals surface area contributed by atoms with Gasteiger partial charge >= 0.3 is 0 Å². The SMILES string of the molecule is Cc1ccc(C(=O)NCC(=O)C(C)(C)C)c(Cl)c1. The fraction of sp³-hybridized carbons (Fsp3) is 0.429. The van der Waals surface area contributed by atoms with E-state index in [9.17, 15) is 9.59 Å². The number of benzene rings is 1. The Kier molecular flexibility index (Phi) is 4.52. The summed E-state index contributed by atoms with van der Waals surface area (Å²) in [5, 5.41) is 2.99. The molecule has 3 nitrogen and oxygen atoms in total. The highest BCUT2D eigenvalue weighted by atomic mass is 35.5. The molecule has 0 fully saturated rings. The number of carbonyl (C=O) groups is 2. The van der Waals surface area contributed by atoms with Crippen LogP contribution in [0.15, 0.2) is 18.2 Å². The zero-order valence-corrected chi connectivity index (χ0v) is 11.9. The van der Waals surface area contributed by atoms with Gasteiger partial charge in [0.2, 0.25) is 0 Å². The zero-order valence-electron chi connectivity index (χ0n) is 11.1. The molecule has 1 aromatic carbocycles. The maximum Gasteiger partial charge on any atom is 0.253 e. The van der Waals surface area contributed by atoms with E-state index in [0.717, 1.165) is 5.56 Å². The summed E-state index contributed by atoms with van der Waals surface area (Å²) in [6.45, 7) is 7.38. The molecule has 1 aromatic rings. The summed E-state index contributed by atoms with van der Waals surface area (Å²) in [4.78, 5) is 23.6. The first-order chi connectivity index (χ1) is 8.21. The quantitative estimate of drug-likeness (QED) is 0.915. The van der Waals surface area contributed by atoms with E-state index in [2.05, 4.69) is 5.32 Å². The number of hydrogen-bond acceptors (Lipinski definition) is 2. The van der Waals surface area contributed by atoms with Gasteiger partial charge in [0, 0.05) is 5.41 Å². The fourth-order valence-electron chi connectivity index (χ4n) is 1.33. The summed E-state index contributed by atoms with van der Waals surface area (Å²) in [5.74, 6) is -0.336. The van der Waals surface area contributed by atoms with Gasteiger partial charge in [-0.05, 0) is 24.6 Å². The molecule has 0 heterocycles. The molecule has 0 aliphatic rings. The van der Waals surface area contributed by atoms with Crippen molar-refractivity contribution in [3.63, 3.8) is 0 Å². The first-order valence-corrected chi connectivity index (χ1v) is 6.17. The van der Waals surface area contributed by atoms with Crippen molar-refractivity contribution in [1.29, 1.82) is 0 Å². The molecule has 1 rings (SSSR count). The lowest BCUT2D eigenvalue weighted by Crippen LogP contribution is -2.35. The van der Waals surface area contributed by atoms with Gasteiger partial charge in [0.1, 0.15) is 0 Å². The molecule has 18 heavy (non-hydrogen) atoms. The minimum Gasteiger partial charge on any atom is -0.345 e. The number of nitrogens with one attached hydrogen (secondary N) is 1. The second kappa shape index (κ2) is 5.53. The Morgan fingerprint density at radius 2 is 1.89 bits per heavy atom. The number of ketones is 1. The van der Waals surface area contributed by atoms with Crippen LogP contribution in [0.3, 0.4) is 0 Å². The lowest BCUT2D eigenvalue weighted by molar-refractivity contribution is -0.125. The van der Waals surface area contributed by atoms with Crippen LogP contribution in [0, 0.1) is 12.3 Å². The highest BCUT2D eigenvalue weighted by Gasteiger charge is 2.21. The van der Waals surface area contributed by atoms with Gasteiger partial charge in [-0.3, -0.25) is 9.59 Å². The Morgan fingerprint density at radius 3 is 2.39 bits per heavy atom. The van der Waals surface area contributed by atoms with Gasteiger partial charge in [-0.2, -0.15) is 0 Å². The lowest BCUT2D eigenvalue weighted by atomic mass is 9.91. The molecule has 0 saturated heterocycles. The number of hydrogen-bond donors (Lipinski definition) is 1. The summed E-state index contributed by atoms with van der Waals surface area (Å²) in [7, 11) is 0. The van der Waals surface area contributed by atoms with E-state index >= 15 is 0 Å². The van der Waals surface area contributed by atoms with E-state index in [4.69, 9.17) is 11.6 Å². The molecule has 0 saturated carbocycles. The molecular formula is C14H18ClNO2. The predicted molar refractivity (Wildman–Crippen MR) is 73.0 cm³/mol. The highest BCUT2D eigenvalue weighted by molar-refractivity contribution is 6.33. The standard InChI is InChI=1S/C14H18ClNO2/c1-9-5-6-10(11(15)7-9)13(18)16-8-12(17)14(2,3)4/h5-7H,8H2,1-4H3,(H,16,18). The molecular weight excluding hydrogens is 250 g/mol. The summed E-state index contributed by atoms with van der Waals surface area (Å²) in [6, 6.07) is 5.20. The average Bonchev–Trinajstić information content (AvgIpc) is 2.24. The summed E-state index contributed by atoms with van der Waals surface area (Å²) in [6.07, 6.45) is 0. The number of carbonyl (C=O) groups excluding carboxylic acids is 2. The van der Waals surface area contributed by atoms with E-state index in [1.807, 2.05) is 33.8 Å². The number of Topliss-reactive ketones (excluding diaryl/α,β-unsaturated/α-hetero) is 1. The van der Waals surface area contributed by atoms with Gasteiger partial charge in [0.25, 0.3) is 5.91 Å². The Bertz CT molecular complexity index is 475. The van der Waals surface area contributed by atoms with Crippen LogP contribution in [0.1, 0.15) is 36.7 Å². The second-order valence-electron chi connectivity index (χ2n) is 5.34. The topological polar surface area (TPSA) is 46.2 Å². The minimum absolute atomic E-state index is 0.0147. The molecule has 0 aliphatic carbocycles. The Morgan fingerprint density at radius 1 is 1.28 bits per heavy atom. The van der Waals surface area contributed by atoms with Gasteiger partial charge in [0.15, 0.2) is 5.78 Å². The van der Waals surface area contributed by atoms with Crippen LogP contribution in [-0.4, -0.2) is 18.2 Å². The van der Waals surface area contributed by atoms with Crippen LogP contribution in [0.2, 0.25) is 5.02 Å². The van der Waals surface area contributed by atoms with Crippen molar-refractivity contribution in [3.8, 4) is 0 Å². The highest BCUT2D eigenvalue weighted by Crippen LogP contribution is 2.18. The van der Waals surface area contributed by atoms with Crippen molar-refractivity contribution < 1.29 is 9.59 Å². The summed E-state index contributed by atoms with van der Waals surface area (Å²) < 4.78 is 0. The maximum atomic E-state index is 11.9. The van der Waals surface area contributed by atoms with Crippen molar-refractivity contribution in [1.82, 2.24) is 5.32 Å². The minimum atomic E-state index is -0.454. The van der Waals surface area contributed by atoms with E-state index in [1.54, 1.807) is 12.1 Å². The van der Waals surface area contributed by atoms with Crippen LogP contribution < -0.4 is 5.32 Å². The van der Waals surface area contributed by atoms with E-state index in [0.29, 0.717) is 10.6 Å². The Balaban J connectivity index is 2.70. The summed E-state index contributed by atoms with van der Waals surface area (Å²) >= 11 is 5.98. The normalized spacial score (nSPS) is 11.2. The van der Waals surface area contributed by atoms with Crippen molar-refractivity contribution in [2.45, 2.75) is 27.7 Å². The fourth-order valence-corrected chi connectivity index (χ4v) is 1.65. The maximum absolute atomic E-state index is 11.9. The molecule has 0 radical (unpaired) electrons. The lowest BCUT2D eigenvalue weighted by Gasteiger charge is -2.16. The molecule has 1 amide bonds. The zero-order chi connectivity index (χ0) is 13.9. The third-order valence-electron chi connectivity index (χ3n) is 2.62.